The molecule has 0 spiro atoms. The minimum absolute atomic E-state index is 0.529. The van der Waals surface area contributed by atoms with E-state index in [-0.39, 0.29) is 0 Å². The monoisotopic (exact) mass is 228 g/mol. The summed E-state index contributed by atoms with van der Waals surface area (Å²) in [6, 6.07) is 9.92. The molecule has 0 aliphatic heterocycles. The van der Waals surface area contributed by atoms with Crippen LogP contribution >= 0.6 is 0 Å². The summed E-state index contributed by atoms with van der Waals surface area (Å²) in [6.07, 6.45) is 5.70. The standard InChI is InChI=1S/C15H16O2/c1-3-14(11-16)10-9-13(2)17-12-15-7-5-4-6-8-15/h3-11H,1,12H2,2H3/b13-9+,14-10+. The number of carbonyl (C=O) groups excluding carboxylic acids is 1. The van der Waals surface area contributed by atoms with Crippen molar-refractivity contribution < 1.29 is 9.53 Å². The second-order valence-corrected chi connectivity index (χ2v) is 3.54. The maximum Gasteiger partial charge on any atom is 0.150 e. The normalized spacial score (nSPS) is 12.1. The Morgan fingerprint density at radius 3 is 2.59 bits per heavy atom. The number of allylic oxidation sites excluding steroid dienone is 5. The summed E-state index contributed by atoms with van der Waals surface area (Å²) >= 11 is 0. The third-order valence-electron chi connectivity index (χ3n) is 2.19. The molecule has 1 aromatic rings. The molecule has 0 atom stereocenters. The third-order valence-corrected chi connectivity index (χ3v) is 2.19. The average molecular weight is 228 g/mol. The summed E-state index contributed by atoms with van der Waals surface area (Å²) in [6.45, 7) is 5.92. The fourth-order valence-corrected chi connectivity index (χ4v) is 1.19. The zero-order valence-electron chi connectivity index (χ0n) is 9.93. The zero-order chi connectivity index (χ0) is 12.5. The minimum Gasteiger partial charge on any atom is -0.494 e. The number of benzene rings is 1. The van der Waals surface area contributed by atoms with Gasteiger partial charge in [0.25, 0.3) is 0 Å². The van der Waals surface area contributed by atoms with Gasteiger partial charge in [0.05, 0.1) is 5.76 Å². The molecular formula is C15H16O2. The first-order chi connectivity index (χ1) is 8.26. The van der Waals surface area contributed by atoms with Crippen molar-refractivity contribution in [1.82, 2.24) is 0 Å². The lowest BCUT2D eigenvalue weighted by Crippen LogP contribution is -1.90. The Hall–Kier alpha value is -2.09. The van der Waals surface area contributed by atoms with Crippen molar-refractivity contribution in [3.8, 4) is 0 Å². The molecule has 0 N–H and O–H groups in total. The van der Waals surface area contributed by atoms with E-state index in [1.165, 1.54) is 6.08 Å². The van der Waals surface area contributed by atoms with Crippen molar-refractivity contribution in [1.29, 1.82) is 0 Å². The van der Waals surface area contributed by atoms with Gasteiger partial charge in [-0.05, 0) is 24.6 Å². The first-order valence-corrected chi connectivity index (χ1v) is 5.39. The highest BCUT2D eigenvalue weighted by Gasteiger charge is 1.92. The second kappa shape index (κ2) is 7.23. The second-order valence-electron chi connectivity index (χ2n) is 3.54. The van der Waals surface area contributed by atoms with Gasteiger partial charge in [-0.15, -0.1) is 0 Å². The molecule has 0 amide bonds. The Bertz CT molecular complexity index is 417. The van der Waals surface area contributed by atoms with Crippen LogP contribution in [0.15, 0.2) is 66.5 Å². The Labute approximate surface area is 102 Å². The van der Waals surface area contributed by atoms with Crippen LogP contribution < -0.4 is 0 Å². The molecule has 0 unspecified atom stereocenters. The molecule has 0 fully saturated rings. The summed E-state index contributed by atoms with van der Waals surface area (Å²) in [5.41, 5.74) is 1.65. The molecule has 0 aromatic heterocycles. The molecule has 2 heteroatoms. The average Bonchev–Trinajstić information content (AvgIpc) is 2.39. The van der Waals surface area contributed by atoms with E-state index in [1.807, 2.05) is 37.3 Å². The van der Waals surface area contributed by atoms with Gasteiger partial charge in [-0.25, -0.2) is 0 Å². The molecule has 0 heterocycles. The van der Waals surface area contributed by atoms with Gasteiger partial charge in [0, 0.05) is 5.57 Å². The lowest BCUT2D eigenvalue weighted by Gasteiger charge is -2.05. The van der Waals surface area contributed by atoms with Crippen molar-refractivity contribution in [2.24, 2.45) is 0 Å². The number of ether oxygens (including phenoxy) is 1. The summed E-state index contributed by atoms with van der Waals surface area (Å²) in [7, 11) is 0. The van der Waals surface area contributed by atoms with Gasteiger partial charge in [-0.2, -0.15) is 0 Å². The van der Waals surface area contributed by atoms with Crippen LogP contribution in [-0.4, -0.2) is 6.29 Å². The molecule has 0 saturated heterocycles. The molecule has 1 rings (SSSR count). The van der Waals surface area contributed by atoms with Crippen molar-refractivity contribution >= 4 is 6.29 Å². The molecule has 0 bridgehead atoms. The highest BCUT2D eigenvalue weighted by atomic mass is 16.5. The van der Waals surface area contributed by atoms with Crippen LogP contribution in [0.4, 0.5) is 0 Å². The topological polar surface area (TPSA) is 26.3 Å². The largest absolute Gasteiger partial charge is 0.494 e. The summed E-state index contributed by atoms with van der Waals surface area (Å²) in [4.78, 5) is 10.5. The van der Waals surface area contributed by atoms with Crippen LogP contribution in [0.3, 0.4) is 0 Å². The van der Waals surface area contributed by atoms with E-state index in [0.29, 0.717) is 12.2 Å². The predicted molar refractivity (Wildman–Crippen MR) is 69.3 cm³/mol. The lowest BCUT2D eigenvalue weighted by molar-refractivity contribution is -0.104. The molecule has 2 nitrogen and oxygen atoms in total. The Kier molecular flexibility index (Phi) is 5.52. The van der Waals surface area contributed by atoms with Crippen molar-refractivity contribution in [2.45, 2.75) is 13.5 Å². The van der Waals surface area contributed by atoms with Gasteiger partial charge in [0.2, 0.25) is 0 Å². The van der Waals surface area contributed by atoms with Gasteiger partial charge < -0.3 is 4.74 Å². The van der Waals surface area contributed by atoms with E-state index in [4.69, 9.17) is 4.74 Å². The fraction of sp³-hybridized carbons (Fsp3) is 0.133. The maximum absolute atomic E-state index is 10.5. The van der Waals surface area contributed by atoms with Gasteiger partial charge in [0.15, 0.2) is 0 Å². The van der Waals surface area contributed by atoms with Gasteiger partial charge in [0.1, 0.15) is 12.9 Å². The molecule has 0 aliphatic carbocycles. The predicted octanol–water partition coefficient (Wildman–Crippen LogP) is 3.42. The first-order valence-electron chi connectivity index (χ1n) is 5.39. The Morgan fingerprint density at radius 2 is 2.00 bits per heavy atom. The van der Waals surface area contributed by atoms with Crippen molar-refractivity contribution in [3.05, 3.63) is 72.0 Å². The number of aldehydes is 1. The van der Waals surface area contributed by atoms with Gasteiger partial charge in [-0.3, -0.25) is 4.79 Å². The van der Waals surface area contributed by atoms with E-state index in [1.54, 1.807) is 12.2 Å². The van der Waals surface area contributed by atoms with Crippen LogP contribution in [0.5, 0.6) is 0 Å². The molecule has 17 heavy (non-hydrogen) atoms. The smallest absolute Gasteiger partial charge is 0.150 e. The van der Waals surface area contributed by atoms with Crippen molar-refractivity contribution in [2.75, 3.05) is 0 Å². The van der Waals surface area contributed by atoms with Crippen LogP contribution in [-0.2, 0) is 16.1 Å². The highest BCUT2D eigenvalue weighted by molar-refractivity contribution is 5.77. The van der Waals surface area contributed by atoms with E-state index in [9.17, 15) is 4.79 Å². The third kappa shape index (κ3) is 4.98. The van der Waals surface area contributed by atoms with E-state index in [2.05, 4.69) is 6.58 Å². The van der Waals surface area contributed by atoms with E-state index >= 15 is 0 Å². The maximum atomic E-state index is 10.5. The van der Waals surface area contributed by atoms with E-state index in [0.717, 1.165) is 17.6 Å². The van der Waals surface area contributed by atoms with Crippen LogP contribution in [0, 0.1) is 0 Å². The van der Waals surface area contributed by atoms with Gasteiger partial charge >= 0.3 is 0 Å². The number of hydrogen-bond acceptors (Lipinski definition) is 2. The quantitative estimate of drug-likeness (QED) is 0.323. The van der Waals surface area contributed by atoms with Crippen LogP contribution in [0.25, 0.3) is 0 Å². The van der Waals surface area contributed by atoms with Gasteiger partial charge in [-0.1, -0.05) is 43.0 Å². The Morgan fingerprint density at radius 1 is 1.29 bits per heavy atom. The zero-order valence-corrected chi connectivity index (χ0v) is 9.93. The molecule has 88 valence electrons. The van der Waals surface area contributed by atoms with E-state index < -0.39 is 0 Å². The Balaban J connectivity index is 2.52. The molecule has 0 radical (unpaired) electrons. The highest BCUT2D eigenvalue weighted by Crippen LogP contribution is 2.06. The minimum atomic E-state index is 0.529. The first kappa shape index (κ1) is 13.0. The van der Waals surface area contributed by atoms with Crippen molar-refractivity contribution in [3.63, 3.8) is 0 Å². The molecule has 0 saturated carbocycles. The molecule has 0 aliphatic rings. The summed E-state index contributed by atoms with van der Waals surface area (Å²) in [5.74, 6) is 0.759. The number of hydrogen-bond donors (Lipinski definition) is 0. The van der Waals surface area contributed by atoms with Crippen LogP contribution in [0.2, 0.25) is 0 Å². The fourth-order valence-electron chi connectivity index (χ4n) is 1.19. The summed E-state index contributed by atoms with van der Waals surface area (Å²) < 4.78 is 5.53. The number of carbonyl (C=O) groups is 1. The van der Waals surface area contributed by atoms with Crippen LogP contribution in [0.1, 0.15) is 12.5 Å². The SMILES string of the molecule is C=C/C(C=O)=C\C=C(/C)OCc1ccccc1. The lowest BCUT2D eigenvalue weighted by atomic mass is 10.2. The molecular weight excluding hydrogens is 212 g/mol. The number of rotatable bonds is 6. The summed E-state index contributed by atoms with van der Waals surface area (Å²) in [5, 5.41) is 0. The molecule has 1 aromatic carbocycles.